The lowest BCUT2D eigenvalue weighted by Crippen LogP contribution is -2.29. The third kappa shape index (κ3) is 5.10. The van der Waals surface area contributed by atoms with Crippen molar-refractivity contribution in [3.63, 3.8) is 0 Å². The minimum absolute atomic E-state index is 0.0492. The van der Waals surface area contributed by atoms with E-state index in [-0.39, 0.29) is 16.9 Å². The van der Waals surface area contributed by atoms with E-state index < -0.39 is 10.0 Å². The molecule has 0 saturated heterocycles. The van der Waals surface area contributed by atoms with E-state index in [4.69, 9.17) is 4.74 Å². The lowest BCUT2D eigenvalue weighted by molar-refractivity contribution is 0.102. The van der Waals surface area contributed by atoms with Crippen LogP contribution >= 0.6 is 0 Å². The minimum atomic E-state index is -3.73. The van der Waals surface area contributed by atoms with Crippen LogP contribution in [-0.2, 0) is 10.0 Å². The van der Waals surface area contributed by atoms with E-state index in [1.165, 1.54) is 12.1 Å². The number of amidine groups is 1. The lowest BCUT2D eigenvalue weighted by atomic mass is 10.2. The van der Waals surface area contributed by atoms with Crippen LogP contribution in [0.15, 0.2) is 58.4 Å². The lowest BCUT2D eigenvalue weighted by Gasteiger charge is -2.11. The van der Waals surface area contributed by atoms with Crippen molar-refractivity contribution < 1.29 is 17.9 Å². The Kier molecular flexibility index (Phi) is 5.99. The Bertz CT molecular complexity index is 983. The third-order valence-electron chi connectivity index (χ3n) is 4.02. The quantitative estimate of drug-likeness (QED) is 0.777. The number of nitrogens with zero attached hydrogens (tertiary/aromatic N) is 1. The van der Waals surface area contributed by atoms with E-state index in [9.17, 15) is 13.2 Å². The number of benzene rings is 2. The first-order chi connectivity index (χ1) is 13.3. The maximum Gasteiger partial charge on any atom is 0.262 e. The van der Waals surface area contributed by atoms with Gasteiger partial charge in [-0.15, -0.1) is 0 Å². The van der Waals surface area contributed by atoms with Gasteiger partial charge in [-0.3, -0.25) is 14.5 Å². The van der Waals surface area contributed by atoms with Crippen molar-refractivity contribution in [2.75, 3.05) is 11.9 Å². The van der Waals surface area contributed by atoms with Crippen LogP contribution in [-0.4, -0.2) is 32.8 Å². The van der Waals surface area contributed by atoms with Gasteiger partial charge in [0.25, 0.3) is 15.9 Å². The molecule has 7 nitrogen and oxygen atoms in total. The van der Waals surface area contributed by atoms with Crippen LogP contribution in [0, 0.1) is 0 Å². The molecule has 148 valence electrons. The Morgan fingerprint density at radius 2 is 1.89 bits per heavy atom. The van der Waals surface area contributed by atoms with Gasteiger partial charge in [0.2, 0.25) is 0 Å². The van der Waals surface area contributed by atoms with E-state index in [0.717, 1.165) is 6.42 Å². The summed E-state index contributed by atoms with van der Waals surface area (Å²) in [6, 6.07) is 12.9. The zero-order valence-electron chi connectivity index (χ0n) is 15.8. The van der Waals surface area contributed by atoms with Crippen LogP contribution in [0.2, 0.25) is 0 Å². The van der Waals surface area contributed by atoms with Crippen molar-refractivity contribution in [2.45, 2.75) is 37.7 Å². The van der Waals surface area contributed by atoms with Crippen LogP contribution in [0.4, 0.5) is 5.69 Å². The van der Waals surface area contributed by atoms with Gasteiger partial charge in [0.1, 0.15) is 11.6 Å². The Morgan fingerprint density at radius 1 is 1.14 bits per heavy atom. The molecule has 0 fully saturated rings. The van der Waals surface area contributed by atoms with Crippen molar-refractivity contribution in [3.8, 4) is 5.75 Å². The standard InChI is InChI=1S/C20H23N3O4S/c1-14(2)27-17-10-8-15(9-11-17)20(24)22-16-5-3-6-18(13-16)28(25,26)23-19-7-4-12-21-19/h3,5-6,8-11,13-14H,4,7,12H2,1-2H3,(H,21,23)(H,22,24). The van der Waals surface area contributed by atoms with Gasteiger partial charge >= 0.3 is 0 Å². The molecule has 8 heteroatoms. The highest BCUT2D eigenvalue weighted by atomic mass is 32.2. The molecule has 0 radical (unpaired) electrons. The Balaban J connectivity index is 1.70. The molecule has 2 aromatic carbocycles. The zero-order valence-corrected chi connectivity index (χ0v) is 16.6. The minimum Gasteiger partial charge on any atom is -0.491 e. The molecule has 1 amide bonds. The average molecular weight is 401 g/mol. The molecule has 0 spiro atoms. The fourth-order valence-electron chi connectivity index (χ4n) is 2.74. The molecule has 0 aliphatic carbocycles. The van der Waals surface area contributed by atoms with E-state index in [2.05, 4.69) is 15.0 Å². The van der Waals surface area contributed by atoms with Crippen molar-refractivity contribution in [2.24, 2.45) is 4.99 Å². The number of rotatable bonds is 6. The predicted molar refractivity (Wildman–Crippen MR) is 108 cm³/mol. The molecule has 2 aromatic rings. The summed E-state index contributed by atoms with van der Waals surface area (Å²) in [7, 11) is -3.73. The maximum absolute atomic E-state index is 12.5. The van der Waals surface area contributed by atoms with E-state index in [0.29, 0.717) is 35.8 Å². The molecule has 0 atom stereocenters. The summed E-state index contributed by atoms with van der Waals surface area (Å²) in [5.74, 6) is 0.817. The largest absolute Gasteiger partial charge is 0.491 e. The smallest absolute Gasteiger partial charge is 0.262 e. The molecule has 3 rings (SSSR count). The highest BCUT2D eigenvalue weighted by Gasteiger charge is 2.19. The van der Waals surface area contributed by atoms with Gasteiger partial charge < -0.3 is 10.1 Å². The summed E-state index contributed by atoms with van der Waals surface area (Å²) in [5, 5.41) is 2.72. The summed E-state index contributed by atoms with van der Waals surface area (Å²) >= 11 is 0. The van der Waals surface area contributed by atoms with E-state index in [1.54, 1.807) is 36.4 Å². The second-order valence-corrected chi connectivity index (χ2v) is 8.39. The fourth-order valence-corrected chi connectivity index (χ4v) is 3.87. The number of carbonyl (C=O) groups excluding carboxylic acids is 1. The molecule has 2 N–H and O–H groups in total. The van der Waals surface area contributed by atoms with Gasteiger partial charge in [-0.05, 0) is 62.7 Å². The molecule has 28 heavy (non-hydrogen) atoms. The monoisotopic (exact) mass is 401 g/mol. The molecule has 0 saturated carbocycles. The van der Waals surface area contributed by atoms with Crippen LogP contribution in [0.25, 0.3) is 0 Å². The van der Waals surface area contributed by atoms with Gasteiger partial charge in [-0.2, -0.15) is 0 Å². The first-order valence-corrected chi connectivity index (χ1v) is 10.6. The van der Waals surface area contributed by atoms with Crippen LogP contribution in [0.1, 0.15) is 37.0 Å². The number of ether oxygens (including phenoxy) is 1. The Labute approximate surface area is 164 Å². The number of carbonyl (C=O) groups is 1. The number of sulfonamides is 1. The van der Waals surface area contributed by atoms with Crippen molar-refractivity contribution in [1.82, 2.24) is 4.72 Å². The molecule has 1 heterocycles. The topological polar surface area (TPSA) is 96.9 Å². The number of nitrogens with one attached hydrogen (secondary N) is 2. The van der Waals surface area contributed by atoms with Crippen LogP contribution in [0.3, 0.4) is 0 Å². The summed E-state index contributed by atoms with van der Waals surface area (Å²) in [4.78, 5) is 16.6. The van der Waals surface area contributed by atoms with Crippen LogP contribution in [0.5, 0.6) is 5.75 Å². The normalized spacial score (nSPS) is 13.9. The van der Waals surface area contributed by atoms with Gasteiger partial charge in [0, 0.05) is 24.2 Å². The molecular formula is C20H23N3O4S. The molecule has 0 aromatic heterocycles. The van der Waals surface area contributed by atoms with Crippen molar-refractivity contribution in [1.29, 1.82) is 0 Å². The molecular weight excluding hydrogens is 378 g/mol. The Hall–Kier alpha value is -2.87. The predicted octanol–water partition coefficient (Wildman–Crippen LogP) is 3.20. The third-order valence-corrected chi connectivity index (χ3v) is 5.40. The number of hydrogen-bond donors (Lipinski definition) is 2. The van der Waals surface area contributed by atoms with E-state index in [1.807, 2.05) is 13.8 Å². The fraction of sp³-hybridized carbons (Fsp3) is 0.300. The number of aliphatic imine (C=N–C) groups is 1. The van der Waals surface area contributed by atoms with Gasteiger partial charge in [0.05, 0.1) is 11.0 Å². The average Bonchev–Trinajstić information content (AvgIpc) is 3.14. The molecule has 1 aliphatic rings. The molecule has 1 aliphatic heterocycles. The second-order valence-electron chi connectivity index (χ2n) is 6.71. The molecule has 0 bridgehead atoms. The summed E-state index contributed by atoms with van der Waals surface area (Å²) in [6.45, 7) is 4.49. The van der Waals surface area contributed by atoms with E-state index >= 15 is 0 Å². The second kappa shape index (κ2) is 8.43. The zero-order chi connectivity index (χ0) is 20.1. The summed E-state index contributed by atoms with van der Waals surface area (Å²) in [5.41, 5.74) is 0.839. The maximum atomic E-state index is 12.5. The highest BCUT2D eigenvalue weighted by Crippen LogP contribution is 2.19. The molecule has 0 unspecified atom stereocenters. The van der Waals surface area contributed by atoms with Gasteiger partial charge in [-0.25, -0.2) is 8.42 Å². The summed E-state index contributed by atoms with van der Waals surface area (Å²) in [6.07, 6.45) is 1.51. The van der Waals surface area contributed by atoms with Gasteiger partial charge in [0.15, 0.2) is 0 Å². The number of anilines is 1. The first-order valence-electron chi connectivity index (χ1n) is 9.08. The van der Waals surface area contributed by atoms with Crippen molar-refractivity contribution in [3.05, 3.63) is 54.1 Å². The summed E-state index contributed by atoms with van der Waals surface area (Å²) < 4.78 is 33.1. The van der Waals surface area contributed by atoms with Crippen molar-refractivity contribution >= 4 is 27.5 Å². The van der Waals surface area contributed by atoms with Gasteiger partial charge in [-0.1, -0.05) is 6.07 Å². The SMILES string of the molecule is CC(C)Oc1ccc(C(=O)Nc2cccc(S(=O)(=O)NC3=NCCC3)c2)cc1. The number of amides is 1. The Morgan fingerprint density at radius 3 is 2.54 bits per heavy atom. The first kappa shape index (κ1) is 19.9. The van der Waals surface area contributed by atoms with Crippen LogP contribution < -0.4 is 14.8 Å². The highest BCUT2D eigenvalue weighted by molar-refractivity contribution is 7.90. The number of hydrogen-bond acceptors (Lipinski definition) is 5.